The number of carbonyl (C=O) groups is 2. The Balaban J connectivity index is 2.05. The molecule has 1 amide bonds. The van der Waals surface area contributed by atoms with E-state index >= 15 is 0 Å². The second kappa shape index (κ2) is 6.07. The molecule has 108 valence electrons. The van der Waals surface area contributed by atoms with E-state index < -0.39 is 5.97 Å². The predicted octanol–water partition coefficient (Wildman–Crippen LogP) is 3.22. The van der Waals surface area contributed by atoms with Crippen LogP contribution in [0.5, 0.6) is 0 Å². The number of hydrogen-bond donors (Lipinski definition) is 2. The molecular formula is C16H21NO3. The van der Waals surface area contributed by atoms with Crippen LogP contribution in [0.2, 0.25) is 0 Å². The van der Waals surface area contributed by atoms with Crippen LogP contribution in [0.3, 0.4) is 0 Å². The molecule has 4 nitrogen and oxygen atoms in total. The van der Waals surface area contributed by atoms with E-state index in [-0.39, 0.29) is 17.7 Å². The fourth-order valence-electron chi connectivity index (χ4n) is 2.77. The molecule has 1 fully saturated rings. The normalized spacial score (nSPS) is 17.4. The van der Waals surface area contributed by atoms with Crippen molar-refractivity contribution < 1.29 is 14.7 Å². The number of hydrogen-bond acceptors (Lipinski definition) is 2. The first-order valence-corrected chi connectivity index (χ1v) is 7.12. The highest BCUT2D eigenvalue weighted by Gasteiger charge is 2.34. The fraction of sp³-hybridized carbons (Fsp3) is 0.500. The molecular weight excluding hydrogens is 254 g/mol. The topological polar surface area (TPSA) is 66.4 Å². The summed E-state index contributed by atoms with van der Waals surface area (Å²) in [4.78, 5) is 23.1. The van der Waals surface area contributed by atoms with Crippen LogP contribution in [0.4, 0.5) is 5.69 Å². The molecule has 0 aliphatic heterocycles. The van der Waals surface area contributed by atoms with Gasteiger partial charge in [-0.15, -0.1) is 0 Å². The summed E-state index contributed by atoms with van der Waals surface area (Å²) in [6.07, 6.45) is 5.23. The number of aliphatic carboxylic acids is 1. The Morgan fingerprint density at radius 1 is 1.25 bits per heavy atom. The molecule has 0 spiro atoms. The highest BCUT2D eigenvalue weighted by molar-refractivity contribution is 5.95. The third-order valence-electron chi connectivity index (χ3n) is 4.05. The highest BCUT2D eigenvalue weighted by atomic mass is 16.4. The first-order valence-electron chi connectivity index (χ1n) is 7.12. The lowest BCUT2D eigenvalue weighted by atomic mass is 9.75. The van der Waals surface area contributed by atoms with Gasteiger partial charge in [-0.2, -0.15) is 0 Å². The van der Waals surface area contributed by atoms with Crippen LogP contribution < -0.4 is 5.32 Å². The molecule has 0 saturated heterocycles. The summed E-state index contributed by atoms with van der Waals surface area (Å²) >= 11 is 0. The lowest BCUT2D eigenvalue weighted by molar-refractivity contribution is -0.136. The zero-order valence-corrected chi connectivity index (χ0v) is 11.8. The lowest BCUT2D eigenvalue weighted by Crippen LogP contribution is -2.35. The summed E-state index contributed by atoms with van der Waals surface area (Å²) < 4.78 is 0. The van der Waals surface area contributed by atoms with Crippen molar-refractivity contribution in [1.82, 2.24) is 0 Å². The molecule has 0 heterocycles. The van der Waals surface area contributed by atoms with Crippen molar-refractivity contribution in [2.45, 2.75) is 45.4 Å². The van der Waals surface area contributed by atoms with Crippen LogP contribution in [0.25, 0.3) is 0 Å². The standard InChI is InChI=1S/C16H21NO3/c1-16(8-3-2-4-9-16)15(20)17-13-7-5-6-12(10-13)11-14(18)19/h5-7,10H,2-4,8-9,11H2,1H3,(H,17,20)(H,18,19). The average Bonchev–Trinajstić information content (AvgIpc) is 2.39. The molecule has 1 aromatic carbocycles. The van der Waals surface area contributed by atoms with Gasteiger partial charge in [-0.05, 0) is 30.5 Å². The molecule has 0 aromatic heterocycles. The second-order valence-corrected chi connectivity index (χ2v) is 5.85. The van der Waals surface area contributed by atoms with Crippen molar-refractivity contribution in [3.63, 3.8) is 0 Å². The van der Waals surface area contributed by atoms with Crippen molar-refractivity contribution in [2.24, 2.45) is 5.41 Å². The molecule has 0 atom stereocenters. The van der Waals surface area contributed by atoms with Crippen LogP contribution in [-0.4, -0.2) is 17.0 Å². The highest BCUT2D eigenvalue weighted by Crippen LogP contribution is 2.36. The van der Waals surface area contributed by atoms with Gasteiger partial charge in [0.15, 0.2) is 0 Å². The maximum Gasteiger partial charge on any atom is 0.307 e. The minimum Gasteiger partial charge on any atom is -0.481 e. The molecule has 1 aromatic rings. The van der Waals surface area contributed by atoms with Crippen molar-refractivity contribution in [3.8, 4) is 0 Å². The molecule has 2 rings (SSSR count). The van der Waals surface area contributed by atoms with Gasteiger partial charge in [0.25, 0.3) is 0 Å². The summed E-state index contributed by atoms with van der Waals surface area (Å²) in [7, 11) is 0. The van der Waals surface area contributed by atoms with Gasteiger partial charge in [-0.1, -0.05) is 38.3 Å². The van der Waals surface area contributed by atoms with E-state index in [1.807, 2.05) is 6.92 Å². The number of benzene rings is 1. The molecule has 4 heteroatoms. The van der Waals surface area contributed by atoms with Gasteiger partial charge in [-0.25, -0.2) is 0 Å². The fourth-order valence-corrected chi connectivity index (χ4v) is 2.77. The van der Waals surface area contributed by atoms with Crippen molar-refractivity contribution in [3.05, 3.63) is 29.8 Å². The molecule has 0 radical (unpaired) electrons. The lowest BCUT2D eigenvalue weighted by Gasteiger charge is -2.32. The zero-order chi connectivity index (χ0) is 14.6. The molecule has 20 heavy (non-hydrogen) atoms. The maximum absolute atomic E-state index is 12.4. The monoisotopic (exact) mass is 275 g/mol. The van der Waals surface area contributed by atoms with Gasteiger partial charge in [0.2, 0.25) is 5.91 Å². The maximum atomic E-state index is 12.4. The van der Waals surface area contributed by atoms with Crippen molar-refractivity contribution in [1.29, 1.82) is 0 Å². The Bertz CT molecular complexity index is 504. The number of carbonyl (C=O) groups excluding carboxylic acids is 1. The first-order chi connectivity index (χ1) is 9.49. The largest absolute Gasteiger partial charge is 0.481 e. The van der Waals surface area contributed by atoms with Gasteiger partial charge in [0.05, 0.1) is 6.42 Å². The summed E-state index contributed by atoms with van der Waals surface area (Å²) in [5, 5.41) is 11.7. The number of rotatable bonds is 4. The predicted molar refractivity (Wildman–Crippen MR) is 77.6 cm³/mol. The van der Waals surface area contributed by atoms with Crippen LogP contribution in [-0.2, 0) is 16.0 Å². The Kier molecular flexibility index (Phi) is 4.42. The average molecular weight is 275 g/mol. The Morgan fingerprint density at radius 3 is 2.60 bits per heavy atom. The number of carboxylic acids is 1. The Hall–Kier alpha value is -1.84. The minimum atomic E-state index is -0.868. The van der Waals surface area contributed by atoms with Crippen LogP contribution in [0, 0.1) is 5.41 Å². The van der Waals surface area contributed by atoms with E-state index in [4.69, 9.17) is 5.11 Å². The third-order valence-corrected chi connectivity index (χ3v) is 4.05. The van der Waals surface area contributed by atoms with Gasteiger partial charge < -0.3 is 10.4 Å². The molecule has 1 aliphatic rings. The number of nitrogens with one attached hydrogen (secondary N) is 1. The molecule has 1 aliphatic carbocycles. The SMILES string of the molecule is CC1(C(=O)Nc2cccc(CC(=O)O)c2)CCCCC1. The van der Waals surface area contributed by atoms with E-state index in [1.54, 1.807) is 24.3 Å². The number of anilines is 1. The quantitative estimate of drug-likeness (QED) is 0.886. The van der Waals surface area contributed by atoms with Gasteiger partial charge >= 0.3 is 5.97 Å². The summed E-state index contributed by atoms with van der Waals surface area (Å²) in [6.45, 7) is 2.02. The van der Waals surface area contributed by atoms with E-state index in [2.05, 4.69) is 5.32 Å². The molecule has 0 unspecified atom stereocenters. The van der Waals surface area contributed by atoms with E-state index in [1.165, 1.54) is 6.42 Å². The number of amides is 1. The van der Waals surface area contributed by atoms with Gasteiger partial charge in [-0.3, -0.25) is 9.59 Å². The summed E-state index contributed by atoms with van der Waals surface area (Å²) in [5.74, 6) is -0.822. The van der Waals surface area contributed by atoms with Crippen molar-refractivity contribution >= 4 is 17.6 Å². The van der Waals surface area contributed by atoms with E-state index in [9.17, 15) is 9.59 Å². The van der Waals surface area contributed by atoms with E-state index in [0.29, 0.717) is 11.3 Å². The number of carboxylic acid groups (broad SMARTS) is 1. The second-order valence-electron chi connectivity index (χ2n) is 5.85. The third kappa shape index (κ3) is 3.59. The minimum absolute atomic E-state index is 0.0268. The molecule has 0 bridgehead atoms. The van der Waals surface area contributed by atoms with Crippen LogP contribution in [0.1, 0.15) is 44.6 Å². The van der Waals surface area contributed by atoms with Crippen LogP contribution >= 0.6 is 0 Å². The Labute approximate surface area is 119 Å². The van der Waals surface area contributed by atoms with Crippen LogP contribution in [0.15, 0.2) is 24.3 Å². The smallest absolute Gasteiger partial charge is 0.307 e. The first kappa shape index (κ1) is 14.6. The zero-order valence-electron chi connectivity index (χ0n) is 11.8. The Morgan fingerprint density at radius 2 is 1.95 bits per heavy atom. The molecule has 2 N–H and O–H groups in total. The summed E-state index contributed by atoms with van der Waals surface area (Å²) in [6, 6.07) is 7.07. The molecule has 1 saturated carbocycles. The van der Waals surface area contributed by atoms with Crippen molar-refractivity contribution in [2.75, 3.05) is 5.32 Å². The summed E-state index contributed by atoms with van der Waals surface area (Å²) in [5.41, 5.74) is 1.09. The van der Waals surface area contributed by atoms with E-state index in [0.717, 1.165) is 25.7 Å². The van der Waals surface area contributed by atoms with Gasteiger partial charge in [0.1, 0.15) is 0 Å². The van der Waals surface area contributed by atoms with Gasteiger partial charge in [0, 0.05) is 11.1 Å².